The molecular formula is C10H11ClN2O3. The highest BCUT2D eigenvalue weighted by atomic mass is 35.5. The zero-order chi connectivity index (χ0) is 12.1. The molecule has 0 fully saturated rings. The molecule has 0 aliphatic heterocycles. The Morgan fingerprint density at radius 3 is 2.44 bits per heavy atom. The number of amides is 1. The van der Waals surface area contributed by atoms with Crippen LogP contribution in [0.15, 0.2) is 24.3 Å². The van der Waals surface area contributed by atoms with Gasteiger partial charge in [-0.25, -0.2) is 0 Å². The van der Waals surface area contributed by atoms with Crippen LogP contribution in [0.25, 0.3) is 0 Å². The summed E-state index contributed by atoms with van der Waals surface area (Å²) in [5, 5.41) is 10.4. The first kappa shape index (κ1) is 12.4. The van der Waals surface area contributed by atoms with Crippen LogP contribution in [-0.2, 0) is 0 Å². The van der Waals surface area contributed by atoms with Crippen molar-refractivity contribution in [2.24, 2.45) is 0 Å². The van der Waals surface area contributed by atoms with Crippen molar-refractivity contribution in [2.75, 3.05) is 19.5 Å². The standard InChI is InChI=1S/C10H11ClN2O3/c1-12(7-6-11)10(14)8-2-4-9(5-3-8)13(15)16/h2-5H,6-7H2,1H3. The number of rotatable bonds is 4. The van der Waals surface area contributed by atoms with Gasteiger partial charge in [0.1, 0.15) is 0 Å². The van der Waals surface area contributed by atoms with Crippen LogP contribution < -0.4 is 0 Å². The highest BCUT2D eigenvalue weighted by Crippen LogP contribution is 2.13. The molecule has 0 aromatic heterocycles. The zero-order valence-electron chi connectivity index (χ0n) is 8.72. The Labute approximate surface area is 97.8 Å². The fourth-order valence-corrected chi connectivity index (χ4v) is 1.43. The second kappa shape index (κ2) is 5.46. The first-order valence-corrected chi connectivity index (χ1v) is 5.15. The minimum Gasteiger partial charge on any atom is -0.341 e. The molecule has 1 amide bonds. The molecule has 16 heavy (non-hydrogen) atoms. The fourth-order valence-electron chi connectivity index (χ4n) is 1.17. The van der Waals surface area contributed by atoms with E-state index in [1.165, 1.54) is 29.2 Å². The lowest BCUT2D eigenvalue weighted by Gasteiger charge is -2.15. The molecule has 0 saturated heterocycles. The van der Waals surface area contributed by atoms with Gasteiger partial charge in [0.25, 0.3) is 11.6 Å². The van der Waals surface area contributed by atoms with E-state index in [0.717, 1.165) is 0 Å². The van der Waals surface area contributed by atoms with Crippen molar-refractivity contribution < 1.29 is 9.72 Å². The first-order chi connectivity index (χ1) is 7.56. The van der Waals surface area contributed by atoms with E-state index in [2.05, 4.69) is 0 Å². The molecule has 0 N–H and O–H groups in total. The Kier molecular flexibility index (Phi) is 4.25. The highest BCUT2D eigenvalue weighted by Gasteiger charge is 2.12. The van der Waals surface area contributed by atoms with Crippen molar-refractivity contribution in [1.29, 1.82) is 0 Å². The van der Waals surface area contributed by atoms with Crippen LogP contribution in [0.2, 0.25) is 0 Å². The summed E-state index contributed by atoms with van der Waals surface area (Å²) in [6, 6.07) is 5.49. The van der Waals surface area contributed by atoms with Crippen LogP contribution in [0.1, 0.15) is 10.4 Å². The summed E-state index contributed by atoms with van der Waals surface area (Å²) in [5.74, 6) is 0.158. The molecule has 0 radical (unpaired) electrons. The van der Waals surface area contributed by atoms with Crippen molar-refractivity contribution >= 4 is 23.2 Å². The Hall–Kier alpha value is -1.62. The number of carbonyl (C=O) groups is 1. The number of hydrogen-bond acceptors (Lipinski definition) is 3. The van der Waals surface area contributed by atoms with Gasteiger partial charge in [0.05, 0.1) is 4.92 Å². The molecule has 0 unspecified atom stereocenters. The normalized spacial score (nSPS) is 9.88. The number of nitro benzene ring substituents is 1. The van der Waals surface area contributed by atoms with Crippen LogP contribution in [-0.4, -0.2) is 35.2 Å². The Morgan fingerprint density at radius 2 is 2.00 bits per heavy atom. The lowest BCUT2D eigenvalue weighted by molar-refractivity contribution is -0.384. The van der Waals surface area contributed by atoms with E-state index >= 15 is 0 Å². The number of halogens is 1. The summed E-state index contributed by atoms with van der Waals surface area (Å²) >= 11 is 5.51. The summed E-state index contributed by atoms with van der Waals surface area (Å²) in [6.07, 6.45) is 0. The third-order valence-electron chi connectivity index (χ3n) is 2.09. The van der Waals surface area contributed by atoms with Gasteiger partial charge < -0.3 is 4.90 Å². The zero-order valence-corrected chi connectivity index (χ0v) is 9.48. The third-order valence-corrected chi connectivity index (χ3v) is 2.26. The Balaban J connectivity index is 2.81. The van der Waals surface area contributed by atoms with Crippen molar-refractivity contribution in [3.8, 4) is 0 Å². The second-order valence-electron chi connectivity index (χ2n) is 3.22. The molecule has 1 aromatic rings. The number of benzene rings is 1. The molecule has 0 heterocycles. The molecule has 0 saturated carbocycles. The SMILES string of the molecule is CN(CCCl)C(=O)c1ccc([N+](=O)[O-])cc1. The molecule has 1 rings (SSSR count). The number of carbonyl (C=O) groups excluding carboxylic acids is 1. The van der Waals surface area contributed by atoms with Crippen molar-refractivity contribution in [3.63, 3.8) is 0 Å². The lowest BCUT2D eigenvalue weighted by atomic mass is 10.2. The molecule has 0 aliphatic rings. The molecule has 86 valence electrons. The van der Waals surface area contributed by atoms with Crippen LogP contribution in [0, 0.1) is 10.1 Å². The maximum atomic E-state index is 11.7. The van der Waals surface area contributed by atoms with Gasteiger partial charge in [-0.15, -0.1) is 11.6 Å². The van der Waals surface area contributed by atoms with E-state index in [4.69, 9.17) is 11.6 Å². The van der Waals surface area contributed by atoms with E-state index < -0.39 is 4.92 Å². The van der Waals surface area contributed by atoms with Crippen LogP contribution in [0.4, 0.5) is 5.69 Å². The van der Waals surface area contributed by atoms with E-state index in [-0.39, 0.29) is 11.6 Å². The average molecular weight is 243 g/mol. The summed E-state index contributed by atoms with van der Waals surface area (Å²) < 4.78 is 0. The van der Waals surface area contributed by atoms with E-state index in [1.807, 2.05) is 0 Å². The van der Waals surface area contributed by atoms with E-state index in [1.54, 1.807) is 7.05 Å². The minimum absolute atomic E-state index is 0.0310. The van der Waals surface area contributed by atoms with Gasteiger partial charge in [-0.05, 0) is 12.1 Å². The first-order valence-electron chi connectivity index (χ1n) is 4.62. The molecular weight excluding hydrogens is 232 g/mol. The predicted molar refractivity (Wildman–Crippen MR) is 60.8 cm³/mol. The fraction of sp³-hybridized carbons (Fsp3) is 0.300. The van der Waals surface area contributed by atoms with Gasteiger partial charge in [-0.3, -0.25) is 14.9 Å². The third kappa shape index (κ3) is 2.93. The average Bonchev–Trinajstić information content (AvgIpc) is 2.28. The molecule has 0 aliphatic carbocycles. The molecule has 6 heteroatoms. The predicted octanol–water partition coefficient (Wildman–Crippen LogP) is 1.91. The number of hydrogen-bond donors (Lipinski definition) is 0. The molecule has 0 spiro atoms. The molecule has 5 nitrogen and oxygen atoms in total. The van der Waals surface area contributed by atoms with E-state index in [9.17, 15) is 14.9 Å². The number of nitrogens with zero attached hydrogens (tertiary/aromatic N) is 2. The number of nitro groups is 1. The molecule has 0 atom stereocenters. The Morgan fingerprint density at radius 1 is 1.44 bits per heavy atom. The summed E-state index contributed by atoms with van der Waals surface area (Å²) in [6.45, 7) is 0.442. The largest absolute Gasteiger partial charge is 0.341 e. The van der Waals surface area contributed by atoms with Gasteiger partial charge in [-0.1, -0.05) is 0 Å². The van der Waals surface area contributed by atoms with Gasteiger partial charge in [0, 0.05) is 37.2 Å². The Bertz CT molecular complexity index is 392. The number of alkyl halides is 1. The van der Waals surface area contributed by atoms with Crippen LogP contribution >= 0.6 is 11.6 Å². The van der Waals surface area contributed by atoms with Gasteiger partial charge in [0.2, 0.25) is 0 Å². The van der Waals surface area contributed by atoms with Crippen molar-refractivity contribution in [2.45, 2.75) is 0 Å². The quantitative estimate of drug-likeness (QED) is 0.460. The maximum absolute atomic E-state index is 11.7. The molecule has 0 bridgehead atoms. The minimum atomic E-state index is -0.503. The smallest absolute Gasteiger partial charge is 0.269 e. The van der Waals surface area contributed by atoms with Gasteiger partial charge in [0.15, 0.2) is 0 Å². The van der Waals surface area contributed by atoms with Crippen molar-refractivity contribution in [1.82, 2.24) is 4.90 Å². The van der Waals surface area contributed by atoms with Crippen molar-refractivity contribution in [3.05, 3.63) is 39.9 Å². The topological polar surface area (TPSA) is 63.5 Å². The highest BCUT2D eigenvalue weighted by molar-refractivity contribution is 6.18. The summed E-state index contributed by atoms with van der Waals surface area (Å²) in [5.41, 5.74) is 0.384. The van der Waals surface area contributed by atoms with Crippen LogP contribution in [0.5, 0.6) is 0 Å². The van der Waals surface area contributed by atoms with Crippen LogP contribution in [0.3, 0.4) is 0 Å². The molecule has 1 aromatic carbocycles. The lowest BCUT2D eigenvalue weighted by Crippen LogP contribution is -2.28. The number of non-ortho nitro benzene ring substituents is 1. The summed E-state index contributed by atoms with van der Waals surface area (Å²) in [4.78, 5) is 23.1. The van der Waals surface area contributed by atoms with Gasteiger partial charge in [-0.2, -0.15) is 0 Å². The maximum Gasteiger partial charge on any atom is 0.269 e. The van der Waals surface area contributed by atoms with E-state index in [0.29, 0.717) is 18.0 Å². The summed E-state index contributed by atoms with van der Waals surface area (Å²) in [7, 11) is 1.63. The van der Waals surface area contributed by atoms with Gasteiger partial charge >= 0.3 is 0 Å². The monoisotopic (exact) mass is 242 g/mol. The second-order valence-corrected chi connectivity index (χ2v) is 3.60.